The SMILES string of the molecule is CCC1(C)OC(=O)C=CC1=O. The third-order valence-corrected chi connectivity index (χ3v) is 1.89. The molecule has 1 aliphatic heterocycles. The molecule has 0 saturated heterocycles. The quantitative estimate of drug-likeness (QED) is 0.525. The molecule has 1 aliphatic rings. The zero-order valence-electron chi connectivity index (χ0n) is 6.59. The van der Waals surface area contributed by atoms with Gasteiger partial charge < -0.3 is 4.74 Å². The van der Waals surface area contributed by atoms with E-state index in [9.17, 15) is 9.59 Å². The molecule has 1 unspecified atom stereocenters. The highest BCUT2D eigenvalue weighted by Gasteiger charge is 2.35. The number of carbonyl (C=O) groups is 2. The van der Waals surface area contributed by atoms with E-state index in [2.05, 4.69) is 0 Å². The Morgan fingerprint density at radius 1 is 1.45 bits per heavy atom. The minimum absolute atomic E-state index is 0.139. The van der Waals surface area contributed by atoms with E-state index >= 15 is 0 Å². The average Bonchev–Trinajstić information content (AvgIpc) is 1.98. The first-order chi connectivity index (χ1) is 5.08. The second kappa shape index (κ2) is 2.49. The van der Waals surface area contributed by atoms with E-state index in [0.29, 0.717) is 6.42 Å². The molecule has 0 spiro atoms. The van der Waals surface area contributed by atoms with Gasteiger partial charge in [-0.05, 0) is 19.4 Å². The van der Waals surface area contributed by atoms with Crippen LogP contribution >= 0.6 is 0 Å². The Balaban J connectivity index is 2.92. The fraction of sp³-hybridized carbons (Fsp3) is 0.500. The Morgan fingerprint density at radius 3 is 2.55 bits per heavy atom. The first-order valence-electron chi connectivity index (χ1n) is 3.54. The molecular weight excluding hydrogens is 144 g/mol. The lowest BCUT2D eigenvalue weighted by atomic mass is 9.95. The number of hydrogen-bond acceptors (Lipinski definition) is 3. The number of cyclic esters (lactones) is 1. The summed E-state index contributed by atoms with van der Waals surface area (Å²) in [7, 11) is 0. The number of carbonyl (C=O) groups excluding carboxylic acids is 2. The van der Waals surface area contributed by atoms with Gasteiger partial charge in [-0.1, -0.05) is 6.92 Å². The second-order valence-electron chi connectivity index (χ2n) is 2.70. The van der Waals surface area contributed by atoms with Crippen molar-refractivity contribution in [1.29, 1.82) is 0 Å². The van der Waals surface area contributed by atoms with Crippen molar-refractivity contribution in [2.24, 2.45) is 0 Å². The van der Waals surface area contributed by atoms with Crippen molar-refractivity contribution < 1.29 is 14.3 Å². The summed E-state index contributed by atoms with van der Waals surface area (Å²) >= 11 is 0. The van der Waals surface area contributed by atoms with Gasteiger partial charge in [0.15, 0.2) is 11.4 Å². The van der Waals surface area contributed by atoms with Crippen LogP contribution in [0, 0.1) is 0 Å². The molecule has 1 heterocycles. The van der Waals surface area contributed by atoms with Gasteiger partial charge in [0.25, 0.3) is 0 Å². The third kappa shape index (κ3) is 1.31. The van der Waals surface area contributed by atoms with Gasteiger partial charge in [0.2, 0.25) is 0 Å². The lowest BCUT2D eigenvalue weighted by Gasteiger charge is -2.27. The molecule has 0 fully saturated rings. The Labute approximate surface area is 65.0 Å². The van der Waals surface area contributed by atoms with Gasteiger partial charge in [0, 0.05) is 6.08 Å². The summed E-state index contributed by atoms with van der Waals surface area (Å²) in [6, 6.07) is 0. The Hall–Kier alpha value is -1.12. The van der Waals surface area contributed by atoms with Crippen molar-refractivity contribution in [1.82, 2.24) is 0 Å². The number of ether oxygens (including phenoxy) is 1. The molecule has 0 aliphatic carbocycles. The minimum Gasteiger partial charge on any atom is -0.448 e. The predicted octanol–water partition coefficient (Wildman–Crippen LogP) is 0.837. The van der Waals surface area contributed by atoms with Crippen LogP contribution in [-0.2, 0) is 14.3 Å². The zero-order chi connectivity index (χ0) is 8.48. The number of ketones is 1. The molecule has 0 bridgehead atoms. The summed E-state index contributed by atoms with van der Waals surface area (Å²) < 4.78 is 4.86. The Kier molecular flexibility index (Phi) is 1.81. The summed E-state index contributed by atoms with van der Waals surface area (Å²) in [6.45, 7) is 3.43. The third-order valence-electron chi connectivity index (χ3n) is 1.89. The molecule has 0 saturated carbocycles. The summed E-state index contributed by atoms with van der Waals surface area (Å²) in [5.41, 5.74) is -0.925. The fourth-order valence-electron chi connectivity index (χ4n) is 0.873. The smallest absolute Gasteiger partial charge is 0.331 e. The molecule has 0 radical (unpaired) electrons. The van der Waals surface area contributed by atoms with Gasteiger partial charge in [-0.3, -0.25) is 4.79 Å². The van der Waals surface area contributed by atoms with Crippen LogP contribution in [0.1, 0.15) is 20.3 Å². The van der Waals surface area contributed by atoms with Crippen molar-refractivity contribution in [2.75, 3.05) is 0 Å². The van der Waals surface area contributed by atoms with E-state index in [1.54, 1.807) is 6.92 Å². The second-order valence-corrected chi connectivity index (χ2v) is 2.70. The Morgan fingerprint density at radius 2 is 2.09 bits per heavy atom. The van der Waals surface area contributed by atoms with Gasteiger partial charge in [-0.15, -0.1) is 0 Å². The first kappa shape index (κ1) is 7.98. The van der Waals surface area contributed by atoms with E-state index in [1.165, 1.54) is 6.08 Å². The maximum atomic E-state index is 11.1. The van der Waals surface area contributed by atoms with Crippen LogP contribution in [0.5, 0.6) is 0 Å². The monoisotopic (exact) mass is 154 g/mol. The summed E-state index contributed by atoms with van der Waals surface area (Å²) in [4.78, 5) is 21.9. The van der Waals surface area contributed by atoms with Crippen molar-refractivity contribution in [2.45, 2.75) is 25.9 Å². The predicted molar refractivity (Wildman–Crippen MR) is 38.9 cm³/mol. The van der Waals surface area contributed by atoms with Crippen LogP contribution in [0.4, 0.5) is 0 Å². The van der Waals surface area contributed by atoms with Crippen LogP contribution in [-0.4, -0.2) is 17.4 Å². The zero-order valence-corrected chi connectivity index (χ0v) is 6.59. The molecular formula is C8H10O3. The normalized spacial score (nSPS) is 30.4. The van der Waals surface area contributed by atoms with Crippen LogP contribution in [0.2, 0.25) is 0 Å². The Bertz CT molecular complexity index is 229. The molecule has 0 amide bonds. The standard InChI is InChI=1S/C8H10O3/c1-3-8(2)6(9)4-5-7(10)11-8/h4-5H,3H2,1-2H3. The summed E-state index contributed by atoms with van der Waals surface area (Å²) in [5, 5.41) is 0. The van der Waals surface area contributed by atoms with Gasteiger partial charge >= 0.3 is 5.97 Å². The number of hydrogen-bond donors (Lipinski definition) is 0. The van der Waals surface area contributed by atoms with Gasteiger partial charge in [-0.25, -0.2) is 4.79 Å². The summed E-state index contributed by atoms with van der Waals surface area (Å²) in [6.07, 6.45) is 2.94. The molecule has 3 nitrogen and oxygen atoms in total. The van der Waals surface area contributed by atoms with Gasteiger partial charge in [0.1, 0.15) is 0 Å². The van der Waals surface area contributed by atoms with E-state index in [0.717, 1.165) is 6.08 Å². The van der Waals surface area contributed by atoms with E-state index in [4.69, 9.17) is 4.74 Å². The highest BCUT2D eigenvalue weighted by molar-refractivity contribution is 6.05. The average molecular weight is 154 g/mol. The van der Waals surface area contributed by atoms with Crippen molar-refractivity contribution >= 4 is 11.8 Å². The van der Waals surface area contributed by atoms with E-state index in [1.807, 2.05) is 6.92 Å². The molecule has 3 heteroatoms. The lowest BCUT2D eigenvalue weighted by Crippen LogP contribution is -2.41. The maximum Gasteiger partial charge on any atom is 0.331 e. The minimum atomic E-state index is -0.925. The molecule has 11 heavy (non-hydrogen) atoms. The largest absolute Gasteiger partial charge is 0.448 e. The maximum absolute atomic E-state index is 11.1. The molecule has 0 aromatic heterocycles. The van der Waals surface area contributed by atoms with Gasteiger partial charge in [-0.2, -0.15) is 0 Å². The van der Waals surface area contributed by atoms with Crippen LogP contribution in [0.25, 0.3) is 0 Å². The van der Waals surface area contributed by atoms with Crippen molar-refractivity contribution in [3.8, 4) is 0 Å². The molecule has 0 aromatic carbocycles. The van der Waals surface area contributed by atoms with Gasteiger partial charge in [0.05, 0.1) is 0 Å². The first-order valence-corrected chi connectivity index (χ1v) is 3.54. The lowest BCUT2D eigenvalue weighted by molar-refractivity contribution is -0.161. The number of rotatable bonds is 1. The van der Waals surface area contributed by atoms with Crippen molar-refractivity contribution in [3.05, 3.63) is 12.2 Å². The highest BCUT2D eigenvalue weighted by Crippen LogP contribution is 2.20. The molecule has 1 rings (SSSR count). The van der Waals surface area contributed by atoms with E-state index < -0.39 is 11.6 Å². The van der Waals surface area contributed by atoms with E-state index in [-0.39, 0.29) is 5.78 Å². The van der Waals surface area contributed by atoms with Crippen molar-refractivity contribution in [3.63, 3.8) is 0 Å². The van der Waals surface area contributed by atoms with Crippen LogP contribution in [0.3, 0.4) is 0 Å². The summed E-state index contributed by atoms with van der Waals surface area (Å²) in [5.74, 6) is -0.575. The molecule has 1 atom stereocenters. The fourth-order valence-corrected chi connectivity index (χ4v) is 0.873. The molecule has 0 aromatic rings. The topological polar surface area (TPSA) is 43.4 Å². The van der Waals surface area contributed by atoms with Crippen LogP contribution < -0.4 is 0 Å². The molecule has 0 N–H and O–H groups in total. The molecule has 60 valence electrons. The highest BCUT2D eigenvalue weighted by atomic mass is 16.6. The number of esters is 1. The van der Waals surface area contributed by atoms with Crippen LogP contribution in [0.15, 0.2) is 12.2 Å².